The molecule has 0 radical (unpaired) electrons. The van der Waals surface area contributed by atoms with Crippen LogP contribution in [0.5, 0.6) is 0 Å². The summed E-state index contributed by atoms with van der Waals surface area (Å²) in [6.07, 6.45) is 1.67. The van der Waals surface area contributed by atoms with Gasteiger partial charge in [0.15, 0.2) is 0 Å². The first-order valence-electron chi connectivity index (χ1n) is 8.68. The van der Waals surface area contributed by atoms with Crippen LogP contribution in [-0.2, 0) is 0 Å². The Labute approximate surface area is 154 Å². The number of hydrogen-bond donors (Lipinski definition) is 2. The second-order valence-corrected chi connectivity index (χ2v) is 6.70. The molecule has 0 atom stereocenters. The molecule has 1 aliphatic heterocycles. The number of likely N-dealkylation sites (N-methyl/N-ethyl adjacent to an activating group) is 1. The van der Waals surface area contributed by atoms with E-state index in [-0.39, 0.29) is 11.3 Å². The fourth-order valence-electron chi connectivity index (χ4n) is 3.21. The third-order valence-electron chi connectivity index (χ3n) is 4.82. The van der Waals surface area contributed by atoms with Crippen molar-refractivity contribution in [3.8, 4) is 0 Å². The average molecular weight is 371 g/mol. The minimum absolute atomic E-state index is 0.185. The average Bonchev–Trinajstić information content (AvgIpc) is 3.10. The van der Waals surface area contributed by atoms with Crippen molar-refractivity contribution in [2.45, 2.75) is 0 Å². The number of rotatable bonds is 3. The number of hydrogen-bond acceptors (Lipinski definition) is 4. The maximum Gasteiger partial charge on any atom is 0.258 e. The predicted octanol–water partition coefficient (Wildman–Crippen LogP) is 2.85. The molecule has 2 aromatic carbocycles. The monoisotopic (exact) mass is 371 g/mol. The molecule has 4 rings (SSSR count). The fourth-order valence-corrected chi connectivity index (χ4v) is 3.21. The third-order valence-corrected chi connectivity index (χ3v) is 4.82. The van der Waals surface area contributed by atoms with Gasteiger partial charge in [-0.2, -0.15) is 5.10 Å². The molecule has 2 N–H and O–H groups in total. The van der Waals surface area contributed by atoms with Crippen LogP contribution in [0, 0.1) is 11.6 Å². The summed E-state index contributed by atoms with van der Waals surface area (Å²) in [4.78, 5) is 16.6. The summed E-state index contributed by atoms with van der Waals surface area (Å²) in [6.45, 7) is 2.80. The normalized spacial score (nSPS) is 15.3. The van der Waals surface area contributed by atoms with Gasteiger partial charge in [0.2, 0.25) is 0 Å². The first-order chi connectivity index (χ1) is 13.0. The van der Waals surface area contributed by atoms with Crippen molar-refractivity contribution in [3.05, 3.63) is 53.7 Å². The van der Waals surface area contributed by atoms with Gasteiger partial charge in [0.25, 0.3) is 5.91 Å². The summed E-state index contributed by atoms with van der Waals surface area (Å²) in [7, 11) is 1.99. The lowest BCUT2D eigenvalue weighted by Gasteiger charge is -2.34. The summed E-state index contributed by atoms with van der Waals surface area (Å²) >= 11 is 0. The molecule has 1 fully saturated rings. The number of carbonyl (C=O) groups excluding carboxylic acids is 1. The molecule has 27 heavy (non-hydrogen) atoms. The Kier molecular flexibility index (Phi) is 4.49. The van der Waals surface area contributed by atoms with Gasteiger partial charge < -0.3 is 15.1 Å². The van der Waals surface area contributed by atoms with Crippen molar-refractivity contribution in [1.82, 2.24) is 15.1 Å². The van der Waals surface area contributed by atoms with Crippen LogP contribution >= 0.6 is 0 Å². The number of piperazine rings is 1. The van der Waals surface area contributed by atoms with Crippen LogP contribution in [0.15, 0.2) is 36.5 Å². The molecular weight excluding hydrogens is 352 g/mol. The summed E-state index contributed by atoms with van der Waals surface area (Å²) in [6, 6.07) is 7.29. The van der Waals surface area contributed by atoms with Crippen LogP contribution in [0.25, 0.3) is 10.9 Å². The van der Waals surface area contributed by atoms with Gasteiger partial charge in [-0.1, -0.05) is 0 Å². The maximum absolute atomic E-state index is 14.3. The predicted molar refractivity (Wildman–Crippen MR) is 100 cm³/mol. The lowest BCUT2D eigenvalue weighted by atomic mass is 10.1. The van der Waals surface area contributed by atoms with Crippen molar-refractivity contribution in [1.29, 1.82) is 0 Å². The number of nitrogens with one attached hydrogen (secondary N) is 2. The summed E-state index contributed by atoms with van der Waals surface area (Å²) in [5, 5.41) is 10.3. The Morgan fingerprint density at radius 2 is 1.89 bits per heavy atom. The van der Waals surface area contributed by atoms with E-state index in [1.807, 2.05) is 11.9 Å². The minimum Gasteiger partial charge on any atom is -0.367 e. The zero-order valence-electron chi connectivity index (χ0n) is 14.8. The lowest BCUT2D eigenvalue weighted by molar-refractivity contribution is 0.102. The van der Waals surface area contributed by atoms with Crippen molar-refractivity contribution >= 4 is 28.2 Å². The Bertz CT molecular complexity index is 995. The topological polar surface area (TPSA) is 64.3 Å². The van der Waals surface area contributed by atoms with E-state index in [0.717, 1.165) is 30.1 Å². The van der Waals surface area contributed by atoms with Crippen LogP contribution in [0.1, 0.15) is 10.4 Å². The van der Waals surface area contributed by atoms with Gasteiger partial charge in [-0.25, -0.2) is 8.78 Å². The van der Waals surface area contributed by atoms with E-state index in [4.69, 9.17) is 0 Å². The maximum atomic E-state index is 14.3. The van der Waals surface area contributed by atoms with Gasteiger partial charge in [-0.15, -0.1) is 0 Å². The molecule has 3 aromatic rings. The number of halogens is 2. The van der Waals surface area contributed by atoms with E-state index in [0.29, 0.717) is 18.8 Å². The first kappa shape index (κ1) is 17.4. The molecule has 1 amide bonds. The van der Waals surface area contributed by atoms with Crippen LogP contribution in [0.4, 0.5) is 20.2 Å². The molecule has 0 spiro atoms. The number of carbonyl (C=O) groups is 1. The summed E-state index contributed by atoms with van der Waals surface area (Å²) < 4.78 is 28.6. The van der Waals surface area contributed by atoms with E-state index < -0.39 is 17.5 Å². The highest BCUT2D eigenvalue weighted by molar-refractivity contribution is 6.05. The fraction of sp³-hybridized carbons (Fsp3) is 0.263. The van der Waals surface area contributed by atoms with Crippen LogP contribution in [0.2, 0.25) is 0 Å². The Morgan fingerprint density at radius 3 is 2.67 bits per heavy atom. The Balaban J connectivity index is 1.59. The van der Waals surface area contributed by atoms with Crippen molar-refractivity contribution in [3.63, 3.8) is 0 Å². The molecule has 0 aliphatic carbocycles. The Hall–Kier alpha value is -3.00. The molecule has 6 nitrogen and oxygen atoms in total. The van der Waals surface area contributed by atoms with E-state index in [1.165, 1.54) is 6.07 Å². The molecule has 0 saturated carbocycles. The smallest absolute Gasteiger partial charge is 0.258 e. The first-order valence-corrected chi connectivity index (χ1v) is 8.68. The number of fused-ring (bicyclic) bond motifs is 1. The molecule has 8 heteroatoms. The Morgan fingerprint density at radius 1 is 1.11 bits per heavy atom. The van der Waals surface area contributed by atoms with Crippen LogP contribution in [0.3, 0.4) is 0 Å². The zero-order valence-corrected chi connectivity index (χ0v) is 14.8. The van der Waals surface area contributed by atoms with E-state index >= 15 is 0 Å². The molecule has 0 unspecified atom stereocenters. The second kappa shape index (κ2) is 6.96. The highest BCUT2D eigenvalue weighted by atomic mass is 19.1. The largest absolute Gasteiger partial charge is 0.367 e. The SMILES string of the molecule is CN1CCN(c2cc(C(=O)Nc3ccc4cn[nH]c4c3)c(F)cc2F)CC1. The number of nitrogens with zero attached hydrogens (tertiary/aromatic N) is 3. The van der Waals surface area contributed by atoms with Gasteiger partial charge >= 0.3 is 0 Å². The van der Waals surface area contributed by atoms with Gasteiger partial charge in [0.1, 0.15) is 11.6 Å². The molecular formula is C19H19F2N5O. The number of anilines is 2. The number of benzene rings is 2. The van der Waals surface area contributed by atoms with E-state index in [2.05, 4.69) is 20.4 Å². The van der Waals surface area contributed by atoms with Crippen LogP contribution in [-0.4, -0.2) is 54.2 Å². The number of H-pyrrole nitrogens is 1. The quantitative estimate of drug-likeness (QED) is 0.743. The van der Waals surface area contributed by atoms with Crippen molar-refractivity contribution in [2.75, 3.05) is 43.4 Å². The van der Waals surface area contributed by atoms with Gasteiger partial charge in [-0.05, 0) is 31.3 Å². The van der Waals surface area contributed by atoms with E-state index in [1.54, 1.807) is 24.4 Å². The minimum atomic E-state index is -0.884. The summed E-state index contributed by atoms with van der Waals surface area (Å²) in [5.41, 5.74) is 1.32. The molecule has 140 valence electrons. The van der Waals surface area contributed by atoms with Gasteiger partial charge in [0, 0.05) is 43.3 Å². The lowest BCUT2D eigenvalue weighted by Crippen LogP contribution is -2.44. The zero-order chi connectivity index (χ0) is 19.0. The van der Waals surface area contributed by atoms with Crippen molar-refractivity contribution < 1.29 is 13.6 Å². The molecule has 1 saturated heterocycles. The molecule has 1 aromatic heterocycles. The van der Waals surface area contributed by atoms with Crippen LogP contribution < -0.4 is 10.2 Å². The summed E-state index contributed by atoms with van der Waals surface area (Å²) in [5.74, 6) is -2.17. The highest BCUT2D eigenvalue weighted by Gasteiger charge is 2.22. The van der Waals surface area contributed by atoms with Crippen molar-refractivity contribution in [2.24, 2.45) is 0 Å². The van der Waals surface area contributed by atoms with Gasteiger partial charge in [-0.3, -0.25) is 9.89 Å². The standard InChI is InChI=1S/C19H19F2N5O/c1-25-4-6-26(7-5-25)18-9-14(15(20)10-16(18)21)19(27)23-13-3-2-12-11-22-24-17(12)8-13/h2-3,8-11H,4-7H2,1H3,(H,22,24)(H,23,27). The van der Waals surface area contributed by atoms with E-state index in [9.17, 15) is 13.6 Å². The molecule has 1 aliphatic rings. The number of aromatic amines is 1. The second-order valence-electron chi connectivity index (χ2n) is 6.70. The highest BCUT2D eigenvalue weighted by Crippen LogP contribution is 2.25. The number of amides is 1. The third kappa shape index (κ3) is 3.48. The molecule has 0 bridgehead atoms. The van der Waals surface area contributed by atoms with Gasteiger partial charge in [0.05, 0.1) is 23.0 Å². The molecule has 2 heterocycles. The number of aromatic nitrogens is 2.